The molecule has 1 aromatic carbocycles. The number of hydrogen-bond donors (Lipinski definition) is 1. The van der Waals surface area contributed by atoms with Crippen molar-refractivity contribution in [1.29, 1.82) is 0 Å². The van der Waals surface area contributed by atoms with Crippen molar-refractivity contribution in [2.75, 3.05) is 6.61 Å². The number of ether oxygens (including phenoxy) is 1. The van der Waals surface area contributed by atoms with Gasteiger partial charge in [0.1, 0.15) is 5.75 Å². The molecule has 2 heteroatoms. The number of rotatable bonds is 4. The molecule has 0 amide bonds. The van der Waals surface area contributed by atoms with Gasteiger partial charge in [0, 0.05) is 5.56 Å². The lowest BCUT2D eigenvalue weighted by atomic mass is 9.84. The first-order valence-corrected chi connectivity index (χ1v) is 7.72. The largest absolute Gasteiger partial charge is 0.493 e. The van der Waals surface area contributed by atoms with Crippen LogP contribution in [0.25, 0.3) is 0 Å². The van der Waals surface area contributed by atoms with Crippen LogP contribution in [0.2, 0.25) is 0 Å². The number of aliphatic hydroxyl groups excluding tert-OH is 1. The van der Waals surface area contributed by atoms with Crippen molar-refractivity contribution in [3.63, 3.8) is 0 Å². The van der Waals surface area contributed by atoms with Crippen molar-refractivity contribution >= 4 is 0 Å². The Hall–Kier alpha value is -1.02. The number of hydrogen-bond acceptors (Lipinski definition) is 2. The zero-order valence-corrected chi connectivity index (χ0v) is 12.0. The third-order valence-electron chi connectivity index (χ3n) is 4.13. The van der Waals surface area contributed by atoms with Gasteiger partial charge in [-0.3, -0.25) is 0 Å². The molecule has 1 atom stereocenters. The molecule has 1 aromatic rings. The van der Waals surface area contributed by atoms with E-state index < -0.39 is 0 Å². The maximum absolute atomic E-state index is 10.7. The van der Waals surface area contributed by atoms with Crippen LogP contribution in [-0.2, 0) is 0 Å². The summed E-state index contributed by atoms with van der Waals surface area (Å²) < 4.78 is 5.64. The quantitative estimate of drug-likeness (QED) is 0.867. The van der Waals surface area contributed by atoms with Crippen molar-refractivity contribution in [2.45, 2.75) is 58.0 Å². The molecule has 2 nitrogen and oxygen atoms in total. The van der Waals surface area contributed by atoms with Crippen molar-refractivity contribution in [2.24, 2.45) is 5.92 Å². The maximum Gasteiger partial charge on any atom is 0.125 e. The van der Waals surface area contributed by atoms with Crippen LogP contribution < -0.4 is 4.74 Å². The molecule has 0 saturated heterocycles. The fourth-order valence-corrected chi connectivity index (χ4v) is 3.07. The van der Waals surface area contributed by atoms with E-state index in [-0.39, 0.29) is 6.10 Å². The predicted octanol–water partition coefficient (Wildman–Crippen LogP) is 4.48. The molecular weight excluding hydrogens is 236 g/mol. The van der Waals surface area contributed by atoms with Gasteiger partial charge in [0.15, 0.2) is 0 Å². The summed E-state index contributed by atoms with van der Waals surface area (Å²) in [5.41, 5.74) is 0.968. The van der Waals surface area contributed by atoms with Gasteiger partial charge in [-0.25, -0.2) is 0 Å². The van der Waals surface area contributed by atoms with Crippen LogP contribution >= 0.6 is 0 Å². The van der Waals surface area contributed by atoms with E-state index in [4.69, 9.17) is 4.74 Å². The molecule has 0 aromatic heterocycles. The monoisotopic (exact) mass is 262 g/mol. The lowest BCUT2D eigenvalue weighted by Gasteiger charge is -2.26. The normalized spacial score (nSPS) is 19.5. The molecule has 1 aliphatic carbocycles. The molecule has 0 aliphatic heterocycles. The van der Waals surface area contributed by atoms with Gasteiger partial charge in [-0.15, -0.1) is 0 Å². The van der Waals surface area contributed by atoms with Gasteiger partial charge in [-0.2, -0.15) is 0 Å². The van der Waals surface area contributed by atoms with Gasteiger partial charge in [-0.1, -0.05) is 50.3 Å². The summed E-state index contributed by atoms with van der Waals surface area (Å²) >= 11 is 0. The Kier molecular flexibility index (Phi) is 5.71. The molecule has 19 heavy (non-hydrogen) atoms. The zero-order valence-electron chi connectivity index (χ0n) is 12.0. The molecular formula is C17H26O2. The summed E-state index contributed by atoms with van der Waals surface area (Å²) in [5, 5.41) is 10.7. The van der Waals surface area contributed by atoms with Crippen LogP contribution in [0.5, 0.6) is 5.75 Å². The van der Waals surface area contributed by atoms with E-state index in [0.29, 0.717) is 12.5 Å². The Morgan fingerprint density at radius 3 is 2.42 bits per heavy atom. The summed E-state index contributed by atoms with van der Waals surface area (Å²) in [5.74, 6) is 1.24. The molecule has 0 heterocycles. The summed E-state index contributed by atoms with van der Waals surface area (Å²) in [6.45, 7) is 2.63. The third kappa shape index (κ3) is 3.97. The fourth-order valence-electron chi connectivity index (χ4n) is 3.07. The molecule has 1 N–H and O–H groups in total. The topological polar surface area (TPSA) is 29.5 Å². The summed E-state index contributed by atoms with van der Waals surface area (Å²) in [7, 11) is 0. The highest BCUT2D eigenvalue weighted by molar-refractivity contribution is 5.35. The smallest absolute Gasteiger partial charge is 0.125 e. The van der Waals surface area contributed by atoms with E-state index >= 15 is 0 Å². The van der Waals surface area contributed by atoms with Gasteiger partial charge in [0.2, 0.25) is 0 Å². The Labute approximate surface area is 116 Å². The number of benzene rings is 1. The molecule has 0 bridgehead atoms. The second-order valence-corrected chi connectivity index (χ2v) is 5.52. The summed E-state index contributed by atoms with van der Waals surface area (Å²) in [4.78, 5) is 0. The average molecular weight is 262 g/mol. The Bertz CT molecular complexity index is 367. The Morgan fingerprint density at radius 1 is 1.11 bits per heavy atom. The van der Waals surface area contributed by atoms with Crippen molar-refractivity contribution in [3.8, 4) is 5.75 Å². The minimum absolute atomic E-state index is 0.374. The minimum Gasteiger partial charge on any atom is -0.493 e. The molecule has 106 valence electrons. The van der Waals surface area contributed by atoms with Crippen molar-refractivity contribution in [1.82, 2.24) is 0 Å². The van der Waals surface area contributed by atoms with E-state index in [2.05, 4.69) is 0 Å². The second-order valence-electron chi connectivity index (χ2n) is 5.52. The average Bonchev–Trinajstić information content (AvgIpc) is 2.39. The Balaban J connectivity index is 2.10. The van der Waals surface area contributed by atoms with E-state index in [9.17, 15) is 5.11 Å². The molecule has 1 aliphatic rings. The van der Waals surface area contributed by atoms with Crippen LogP contribution in [-0.4, -0.2) is 11.7 Å². The highest BCUT2D eigenvalue weighted by Crippen LogP contribution is 2.36. The van der Waals surface area contributed by atoms with Crippen LogP contribution in [0.3, 0.4) is 0 Å². The van der Waals surface area contributed by atoms with Crippen molar-refractivity contribution < 1.29 is 9.84 Å². The second kappa shape index (κ2) is 7.54. The third-order valence-corrected chi connectivity index (χ3v) is 4.13. The molecule has 0 spiro atoms. The van der Waals surface area contributed by atoms with E-state index in [1.807, 2.05) is 31.2 Å². The number of para-hydroxylation sites is 1. The van der Waals surface area contributed by atoms with Crippen LogP contribution in [0.15, 0.2) is 24.3 Å². The van der Waals surface area contributed by atoms with Crippen molar-refractivity contribution in [3.05, 3.63) is 29.8 Å². The zero-order chi connectivity index (χ0) is 13.5. The Morgan fingerprint density at radius 2 is 1.74 bits per heavy atom. The van der Waals surface area contributed by atoms with Gasteiger partial charge in [0.25, 0.3) is 0 Å². The molecule has 2 rings (SSSR count). The molecule has 0 radical (unpaired) electrons. The first kappa shape index (κ1) is 14.4. The SMILES string of the molecule is CCOc1ccccc1C(O)C1CCCCCCC1. The maximum atomic E-state index is 10.7. The van der Waals surface area contributed by atoms with Crippen LogP contribution in [0.4, 0.5) is 0 Å². The first-order chi connectivity index (χ1) is 9.33. The highest BCUT2D eigenvalue weighted by Gasteiger charge is 2.23. The lowest BCUT2D eigenvalue weighted by Crippen LogP contribution is -2.15. The van der Waals surface area contributed by atoms with E-state index in [1.54, 1.807) is 0 Å². The molecule has 1 fully saturated rings. The fraction of sp³-hybridized carbons (Fsp3) is 0.647. The van der Waals surface area contributed by atoms with Gasteiger partial charge in [0.05, 0.1) is 12.7 Å². The summed E-state index contributed by atoms with van der Waals surface area (Å²) in [6.07, 6.45) is 8.39. The minimum atomic E-state index is -0.374. The standard InChI is InChI=1S/C17H26O2/c1-2-19-16-13-9-8-12-15(16)17(18)14-10-6-4-3-5-7-11-14/h8-9,12-14,17-18H,2-7,10-11H2,1H3. The lowest BCUT2D eigenvalue weighted by molar-refractivity contribution is 0.0881. The van der Waals surface area contributed by atoms with E-state index in [1.165, 1.54) is 32.1 Å². The molecule has 1 unspecified atom stereocenters. The van der Waals surface area contributed by atoms with Gasteiger partial charge < -0.3 is 9.84 Å². The summed E-state index contributed by atoms with van der Waals surface area (Å²) in [6, 6.07) is 7.93. The number of aliphatic hydroxyl groups is 1. The first-order valence-electron chi connectivity index (χ1n) is 7.72. The van der Waals surface area contributed by atoms with E-state index in [0.717, 1.165) is 24.2 Å². The predicted molar refractivity (Wildman–Crippen MR) is 78.4 cm³/mol. The highest BCUT2D eigenvalue weighted by atomic mass is 16.5. The van der Waals surface area contributed by atoms with Gasteiger partial charge >= 0.3 is 0 Å². The van der Waals surface area contributed by atoms with Gasteiger partial charge in [-0.05, 0) is 31.7 Å². The molecule has 1 saturated carbocycles. The van der Waals surface area contributed by atoms with Crippen LogP contribution in [0, 0.1) is 5.92 Å². The van der Waals surface area contributed by atoms with Crippen LogP contribution in [0.1, 0.15) is 63.5 Å².